The van der Waals surface area contributed by atoms with E-state index in [-0.39, 0.29) is 17.4 Å². The molecule has 3 rings (SSSR count). The fraction of sp³-hybridized carbons (Fsp3) is 0.714. The Hall–Kier alpha value is -0.860. The summed E-state index contributed by atoms with van der Waals surface area (Å²) in [6.07, 6.45) is 2.42. The van der Waals surface area contributed by atoms with Gasteiger partial charge in [0.05, 0.1) is 5.41 Å². The molecule has 3 fully saturated rings. The van der Waals surface area contributed by atoms with Crippen molar-refractivity contribution < 1.29 is 9.59 Å². The van der Waals surface area contributed by atoms with E-state index in [4.69, 9.17) is 0 Å². The highest BCUT2D eigenvalue weighted by atomic mass is 16.2. The SMILES string of the molecule is CC12CC(C1)N(C=O)C2=O. The average molecular weight is 139 g/mol. The number of carbonyl (C=O) groups excluding carboxylic acids is 2. The average Bonchev–Trinajstić information content (AvgIpc) is 2.17. The Morgan fingerprint density at radius 2 is 2.30 bits per heavy atom. The molecule has 2 saturated heterocycles. The molecular formula is C7H9NO2. The fourth-order valence-corrected chi connectivity index (χ4v) is 1.96. The molecule has 2 heterocycles. The van der Waals surface area contributed by atoms with Crippen LogP contribution in [-0.2, 0) is 9.59 Å². The van der Waals surface area contributed by atoms with Crippen LogP contribution in [0.1, 0.15) is 19.8 Å². The van der Waals surface area contributed by atoms with Crippen LogP contribution in [0.5, 0.6) is 0 Å². The standard InChI is InChI=1S/C7H9NO2/c1-7-2-5(3-7)8(4-9)6(7)10/h4-5H,2-3H2,1H3. The number of rotatable bonds is 1. The molecule has 0 N–H and O–H groups in total. The molecule has 3 nitrogen and oxygen atoms in total. The molecule has 0 aromatic carbocycles. The van der Waals surface area contributed by atoms with Crippen LogP contribution >= 0.6 is 0 Å². The summed E-state index contributed by atoms with van der Waals surface area (Å²) in [5.41, 5.74) is -0.175. The number of amides is 2. The predicted octanol–water partition coefficient (Wildman–Crippen LogP) is 0.154. The molecule has 2 aliphatic heterocycles. The maximum absolute atomic E-state index is 11.2. The quantitative estimate of drug-likeness (QED) is 0.485. The Kier molecular flexibility index (Phi) is 0.832. The second-order valence-corrected chi connectivity index (χ2v) is 3.44. The molecule has 0 atom stereocenters. The van der Waals surface area contributed by atoms with Crippen molar-refractivity contribution in [2.75, 3.05) is 0 Å². The minimum Gasteiger partial charge on any atom is -0.282 e. The molecule has 0 spiro atoms. The molecule has 0 aromatic rings. The predicted molar refractivity (Wildman–Crippen MR) is 34.0 cm³/mol. The van der Waals surface area contributed by atoms with Crippen molar-refractivity contribution >= 4 is 12.3 Å². The van der Waals surface area contributed by atoms with Crippen LogP contribution in [0.25, 0.3) is 0 Å². The molecule has 0 radical (unpaired) electrons. The summed E-state index contributed by atoms with van der Waals surface area (Å²) >= 11 is 0. The first-order valence-electron chi connectivity index (χ1n) is 3.45. The minimum absolute atomic E-state index is 0.0208. The molecule has 2 bridgehead atoms. The first kappa shape index (κ1) is 5.89. The molecule has 0 unspecified atom stereocenters. The van der Waals surface area contributed by atoms with Gasteiger partial charge in [-0.3, -0.25) is 14.5 Å². The summed E-state index contributed by atoms with van der Waals surface area (Å²) in [6.45, 7) is 1.93. The highest BCUT2D eigenvalue weighted by Crippen LogP contribution is 2.51. The summed E-state index contributed by atoms with van der Waals surface area (Å²) in [5, 5.41) is 0. The van der Waals surface area contributed by atoms with Gasteiger partial charge in [-0.05, 0) is 12.8 Å². The Labute approximate surface area is 59.0 Å². The number of carbonyl (C=O) groups is 2. The largest absolute Gasteiger partial charge is 0.282 e. The molecule has 3 heteroatoms. The Morgan fingerprint density at radius 1 is 1.70 bits per heavy atom. The van der Waals surface area contributed by atoms with Gasteiger partial charge in [0.1, 0.15) is 0 Å². The number of nitrogens with zero attached hydrogens (tertiary/aromatic N) is 1. The lowest BCUT2D eigenvalue weighted by Gasteiger charge is -2.30. The van der Waals surface area contributed by atoms with E-state index in [0.717, 1.165) is 12.8 Å². The van der Waals surface area contributed by atoms with E-state index in [1.807, 2.05) is 6.92 Å². The lowest BCUT2D eigenvalue weighted by molar-refractivity contribution is -0.137. The van der Waals surface area contributed by atoms with Gasteiger partial charge in [-0.25, -0.2) is 0 Å². The van der Waals surface area contributed by atoms with Crippen molar-refractivity contribution in [2.45, 2.75) is 25.8 Å². The maximum atomic E-state index is 11.2. The summed E-state index contributed by atoms with van der Waals surface area (Å²) in [6, 6.07) is 0.231. The van der Waals surface area contributed by atoms with Crippen LogP contribution in [0.4, 0.5) is 0 Å². The van der Waals surface area contributed by atoms with Gasteiger partial charge in [-0.15, -0.1) is 0 Å². The third kappa shape index (κ3) is 0.426. The first-order chi connectivity index (χ1) is 4.67. The van der Waals surface area contributed by atoms with Crippen molar-refractivity contribution in [2.24, 2.45) is 5.41 Å². The third-order valence-electron chi connectivity index (χ3n) is 2.63. The van der Waals surface area contributed by atoms with Gasteiger partial charge in [0.2, 0.25) is 12.3 Å². The van der Waals surface area contributed by atoms with Gasteiger partial charge >= 0.3 is 0 Å². The van der Waals surface area contributed by atoms with Crippen LogP contribution in [0.15, 0.2) is 0 Å². The van der Waals surface area contributed by atoms with Crippen LogP contribution in [0, 0.1) is 5.41 Å². The molecule has 1 aliphatic carbocycles. The van der Waals surface area contributed by atoms with E-state index in [2.05, 4.69) is 0 Å². The second-order valence-electron chi connectivity index (χ2n) is 3.44. The van der Waals surface area contributed by atoms with Gasteiger partial charge in [0, 0.05) is 6.04 Å². The third-order valence-corrected chi connectivity index (χ3v) is 2.63. The van der Waals surface area contributed by atoms with Crippen LogP contribution in [-0.4, -0.2) is 23.3 Å². The maximum Gasteiger partial charge on any atom is 0.235 e. The van der Waals surface area contributed by atoms with E-state index in [1.54, 1.807) is 0 Å². The molecule has 54 valence electrons. The topological polar surface area (TPSA) is 37.4 Å². The number of fused-ring (bicyclic) bond motifs is 1. The van der Waals surface area contributed by atoms with Gasteiger partial charge < -0.3 is 0 Å². The fourth-order valence-electron chi connectivity index (χ4n) is 1.96. The molecule has 10 heavy (non-hydrogen) atoms. The molecule has 3 aliphatic rings. The molecule has 2 amide bonds. The number of imide groups is 1. The second kappa shape index (κ2) is 1.41. The number of hydrogen-bond donors (Lipinski definition) is 0. The van der Waals surface area contributed by atoms with Gasteiger partial charge in [-0.2, -0.15) is 0 Å². The van der Waals surface area contributed by atoms with E-state index < -0.39 is 0 Å². The monoisotopic (exact) mass is 139 g/mol. The Morgan fingerprint density at radius 3 is 2.50 bits per heavy atom. The van der Waals surface area contributed by atoms with Crippen molar-refractivity contribution in [3.8, 4) is 0 Å². The summed E-state index contributed by atoms with van der Waals surface area (Å²) in [5.74, 6) is 0.0208. The molecular weight excluding hydrogens is 130 g/mol. The summed E-state index contributed by atoms with van der Waals surface area (Å²) in [7, 11) is 0. The minimum atomic E-state index is -0.175. The zero-order chi connectivity index (χ0) is 7.35. The van der Waals surface area contributed by atoms with E-state index in [1.165, 1.54) is 4.90 Å². The van der Waals surface area contributed by atoms with Crippen LogP contribution in [0.3, 0.4) is 0 Å². The van der Waals surface area contributed by atoms with Gasteiger partial charge in [0.15, 0.2) is 0 Å². The lowest BCUT2D eigenvalue weighted by Crippen LogP contribution is -2.32. The van der Waals surface area contributed by atoms with Crippen molar-refractivity contribution in [3.63, 3.8) is 0 Å². The van der Waals surface area contributed by atoms with Crippen molar-refractivity contribution in [1.29, 1.82) is 0 Å². The van der Waals surface area contributed by atoms with Gasteiger partial charge in [-0.1, -0.05) is 6.92 Å². The van der Waals surface area contributed by atoms with Crippen molar-refractivity contribution in [3.05, 3.63) is 0 Å². The highest BCUT2D eigenvalue weighted by molar-refractivity contribution is 5.95. The zero-order valence-electron chi connectivity index (χ0n) is 5.83. The lowest BCUT2D eigenvalue weighted by atomic mass is 9.72. The Balaban J connectivity index is 2.31. The van der Waals surface area contributed by atoms with Crippen LogP contribution in [0.2, 0.25) is 0 Å². The van der Waals surface area contributed by atoms with Crippen LogP contribution < -0.4 is 0 Å². The smallest absolute Gasteiger partial charge is 0.235 e. The molecule has 1 saturated carbocycles. The van der Waals surface area contributed by atoms with E-state index in [9.17, 15) is 9.59 Å². The van der Waals surface area contributed by atoms with Crippen molar-refractivity contribution in [1.82, 2.24) is 4.90 Å². The molecule has 0 aromatic heterocycles. The summed E-state index contributed by atoms with van der Waals surface area (Å²) in [4.78, 5) is 22.8. The Bertz CT molecular complexity index is 206. The number of hydrogen-bond acceptors (Lipinski definition) is 2. The van der Waals surface area contributed by atoms with E-state index in [0.29, 0.717) is 6.41 Å². The van der Waals surface area contributed by atoms with E-state index >= 15 is 0 Å². The zero-order valence-corrected chi connectivity index (χ0v) is 5.83. The van der Waals surface area contributed by atoms with Gasteiger partial charge in [0.25, 0.3) is 0 Å². The highest BCUT2D eigenvalue weighted by Gasteiger charge is 2.58. The normalized spacial score (nSPS) is 43.5. The first-order valence-corrected chi connectivity index (χ1v) is 3.45. The summed E-state index contributed by atoms with van der Waals surface area (Å²) < 4.78 is 0.